The first kappa shape index (κ1) is 14.5. The van der Waals surface area contributed by atoms with Crippen molar-refractivity contribution in [1.29, 1.82) is 0 Å². The molecule has 1 amide bonds. The minimum Gasteiger partial charge on any atom is -0.356 e. The van der Waals surface area contributed by atoms with E-state index < -0.39 is 0 Å². The van der Waals surface area contributed by atoms with Crippen molar-refractivity contribution < 1.29 is 4.79 Å². The fourth-order valence-electron chi connectivity index (χ4n) is 2.54. The quantitative estimate of drug-likeness (QED) is 0.725. The Labute approximate surface area is 106 Å². The highest BCUT2D eigenvalue weighted by Gasteiger charge is 2.23. The summed E-state index contributed by atoms with van der Waals surface area (Å²) >= 11 is 0. The fourth-order valence-corrected chi connectivity index (χ4v) is 2.54. The van der Waals surface area contributed by atoms with Crippen LogP contribution in [0.1, 0.15) is 59.3 Å². The van der Waals surface area contributed by atoms with E-state index in [1.54, 1.807) is 0 Å². The van der Waals surface area contributed by atoms with Crippen LogP contribution in [0.25, 0.3) is 0 Å². The average Bonchev–Trinajstić information content (AvgIpc) is 2.41. The van der Waals surface area contributed by atoms with Crippen LogP contribution < -0.4 is 10.6 Å². The van der Waals surface area contributed by atoms with E-state index in [4.69, 9.17) is 0 Å². The summed E-state index contributed by atoms with van der Waals surface area (Å²) in [6.45, 7) is 8.24. The van der Waals surface area contributed by atoms with Crippen molar-refractivity contribution in [2.24, 2.45) is 5.41 Å². The molecule has 0 aromatic rings. The van der Waals surface area contributed by atoms with Gasteiger partial charge in [-0.3, -0.25) is 4.79 Å². The van der Waals surface area contributed by atoms with E-state index in [0.717, 1.165) is 13.1 Å². The molecule has 1 saturated carbocycles. The maximum absolute atomic E-state index is 11.3. The third kappa shape index (κ3) is 6.06. The van der Waals surface area contributed by atoms with Crippen molar-refractivity contribution in [2.75, 3.05) is 13.1 Å². The smallest absolute Gasteiger partial charge is 0.221 e. The molecule has 3 heteroatoms. The summed E-state index contributed by atoms with van der Waals surface area (Å²) in [6.07, 6.45) is 7.06. The molecule has 1 atom stereocenters. The summed E-state index contributed by atoms with van der Waals surface area (Å²) in [5, 5.41) is 6.36. The van der Waals surface area contributed by atoms with Crippen LogP contribution in [-0.2, 0) is 4.79 Å². The lowest BCUT2D eigenvalue weighted by Crippen LogP contribution is -2.33. The Kier molecular flexibility index (Phi) is 5.96. The first-order valence-corrected chi connectivity index (χ1v) is 7.03. The van der Waals surface area contributed by atoms with Gasteiger partial charge >= 0.3 is 0 Å². The molecule has 0 bridgehead atoms. The number of carbonyl (C=O) groups is 1. The molecule has 1 rings (SSSR count). The van der Waals surface area contributed by atoms with Crippen LogP contribution >= 0.6 is 0 Å². The molecule has 0 heterocycles. The Morgan fingerprint density at radius 3 is 2.76 bits per heavy atom. The zero-order valence-corrected chi connectivity index (χ0v) is 11.6. The van der Waals surface area contributed by atoms with E-state index >= 15 is 0 Å². The SMILES string of the molecule is CCNC(=O)CCNC1CCCC(C)(C)CC1. The Morgan fingerprint density at radius 1 is 1.29 bits per heavy atom. The molecule has 1 aliphatic carbocycles. The highest BCUT2D eigenvalue weighted by atomic mass is 16.1. The third-order valence-corrected chi connectivity index (χ3v) is 3.73. The Hall–Kier alpha value is -0.570. The molecule has 0 saturated heterocycles. The monoisotopic (exact) mass is 240 g/mol. The van der Waals surface area contributed by atoms with Gasteiger partial charge in [-0.05, 0) is 38.0 Å². The van der Waals surface area contributed by atoms with Crippen LogP contribution in [-0.4, -0.2) is 25.0 Å². The highest BCUT2D eigenvalue weighted by Crippen LogP contribution is 2.33. The van der Waals surface area contributed by atoms with Crippen LogP contribution in [0.4, 0.5) is 0 Å². The first-order valence-electron chi connectivity index (χ1n) is 7.03. The highest BCUT2D eigenvalue weighted by molar-refractivity contribution is 5.75. The molecule has 0 spiro atoms. The zero-order valence-electron chi connectivity index (χ0n) is 11.6. The van der Waals surface area contributed by atoms with Gasteiger partial charge in [-0.2, -0.15) is 0 Å². The molecule has 2 N–H and O–H groups in total. The van der Waals surface area contributed by atoms with E-state index in [9.17, 15) is 4.79 Å². The summed E-state index contributed by atoms with van der Waals surface area (Å²) in [6, 6.07) is 0.617. The molecule has 0 aromatic carbocycles. The van der Waals surface area contributed by atoms with Crippen molar-refractivity contribution in [3.63, 3.8) is 0 Å². The molecule has 1 unspecified atom stereocenters. The van der Waals surface area contributed by atoms with Crippen molar-refractivity contribution >= 4 is 5.91 Å². The van der Waals surface area contributed by atoms with E-state index in [2.05, 4.69) is 24.5 Å². The molecule has 3 nitrogen and oxygen atoms in total. The predicted molar refractivity (Wildman–Crippen MR) is 72.0 cm³/mol. The number of hydrogen-bond acceptors (Lipinski definition) is 2. The van der Waals surface area contributed by atoms with Crippen LogP contribution in [0.5, 0.6) is 0 Å². The van der Waals surface area contributed by atoms with Crippen LogP contribution in [0.15, 0.2) is 0 Å². The normalized spacial score (nSPS) is 24.1. The van der Waals surface area contributed by atoms with Gasteiger partial charge in [0.05, 0.1) is 0 Å². The van der Waals surface area contributed by atoms with Gasteiger partial charge in [-0.25, -0.2) is 0 Å². The number of amides is 1. The second kappa shape index (κ2) is 7.00. The van der Waals surface area contributed by atoms with E-state index in [0.29, 0.717) is 17.9 Å². The largest absolute Gasteiger partial charge is 0.356 e. The van der Waals surface area contributed by atoms with E-state index in [1.165, 1.54) is 32.1 Å². The molecule has 0 aromatic heterocycles. The second-order valence-electron chi connectivity index (χ2n) is 5.95. The Morgan fingerprint density at radius 2 is 2.06 bits per heavy atom. The van der Waals surface area contributed by atoms with Gasteiger partial charge in [0.1, 0.15) is 0 Å². The minimum absolute atomic E-state index is 0.161. The summed E-state index contributed by atoms with van der Waals surface area (Å²) < 4.78 is 0. The number of carbonyl (C=O) groups excluding carboxylic acids is 1. The number of rotatable bonds is 5. The van der Waals surface area contributed by atoms with Gasteiger partial charge in [0.2, 0.25) is 5.91 Å². The van der Waals surface area contributed by atoms with Crippen molar-refractivity contribution in [3.05, 3.63) is 0 Å². The standard InChI is InChI=1S/C14H28N2O/c1-4-15-13(17)8-11-16-12-6-5-9-14(2,3)10-7-12/h12,16H,4-11H2,1-3H3,(H,15,17). The predicted octanol–water partition coefficient (Wildman–Crippen LogP) is 2.46. The molecule has 0 aliphatic heterocycles. The van der Waals surface area contributed by atoms with Gasteiger partial charge in [0.15, 0.2) is 0 Å². The summed E-state index contributed by atoms with van der Waals surface area (Å²) in [7, 11) is 0. The maximum Gasteiger partial charge on any atom is 0.221 e. The second-order valence-corrected chi connectivity index (χ2v) is 5.95. The van der Waals surface area contributed by atoms with Gasteiger partial charge < -0.3 is 10.6 Å². The lowest BCUT2D eigenvalue weighted by Gasteiger charge is -2.22. The summed E-state index contributed by atoms with van der Waals surface area (Å²) in [4.78, 5) is 11.3. The maximum atomic E-state index is 11.3. The van der Waals surface area contributed by atoms with E-state index in [-0.39, 0.29) is 5.91 Å². The van der Waals surface area contributed by atoms with Crippen LogP contribution in [0.2, 0.25) is 0 Å². The molecule has 1 aliphatic rings. The molecule has 1 fully saturated rings. The topological polar surface area (TPSA) is 41.1 Å². The van der Waals surface area contributed by atoms with Crippen LogP contribution in [0, 0.1) is 5.41 Å². The third-order valence-electron chi connectivity index (χ3n) is 3.73. The van der Waals surface area contributed by atoms with Gasteiger partial charge in [0.25, 0.3) is 0 Å². The summed E-state index contributed by atoms with van der Waals surface area (Å²) in [5.41, 5.74) is 0.510. The van der Waals surface area contributed by atoms with Gasteiger partial charge in [-0.15, -0.1) is 0 Å². The Balaban J connectivity index is 2.17. The number of nitrogens with one attached hydrogen (secondary N) is 2. The van der Waals surface area contributed by atoms with Crippen molar-refractivity contribution in [3.8, 4) is 0 Å². The lowest BCUT2D eigenvalue weighted by molar-refractivity contribution is -0.120. The van der Waals surface area contributed by atoms with Crippen molar-refractivity contribution in [2.45, 2.75) is 65.3 Å². The first-order chi connectivity index (χ1) is 8.03. The minimum atomic E-state index is 0.161. The van der Waals surface area contributed by atoms with Crippen molar-refractivity contribution in [1.82, 2.24) is 10.6 Å². The average molecular weight is 240 g/mol. The van der Waals surface area contributed by atoms with Gasteiger partial charge in [0, 0.05) is 25.6 Å². The fraction of sp³-hybridized carbons (Fsp3) is 0.929. The van der Waals surface area contributed by atoms with Gasteiger partial charge in [-0.1, -0.05) is 20.3 Å². The molecular weight excluding hydrogens is 212 g/mol. The molecule has 17 heavy (non-hydrogen) atoms. The van der Waals surface area contributed by atoms with E-state index in [1.807, 2.05) is 6.92 Å². The molecule has 100 valence electrons. The summed E-state index contributed by atoms with van der Waals surface area (Å²) in [5.74, 6) is 0.161. The number of hydrogen-bond donors (Lipinski definition) is 2. The zero-order chi connectivity index (χ0) is 12.7. The molecular formula is C14H28N2O. The molecule has 0 radical (unpaired) electrons. The lowest BCUT2D eigenvalue weighted by atomic mass is 9.85. The Bertz CT molecular complexity index is 238. The van der Waals surface area contributed by atoms with Crippen LogP contribution in [0.3, 0.4) is 0 Å².